The molecule has 57 heavy (non-hydrogen) atoms. The van der Waals surface area contributed by atoms with E-state index >= 15 is 0 Å². The molecule has 11 nitrogen and oxygen atoms in total. The Morgan fingerprint density at radius 2 is 1.42 bits per heavy atom. The van der Waals surface area contributed by atoms with Gasteiger partial charge in [0.15, 0.2) is 0 Å². The number of halogens is 1. The van der Waals surface area contributed by atoms with Crippen LogP contribution in [-0.4, -0.2) is 77.5 Å². The number of carbonyl (C=O) groups is 1. The maximum absolute atomic E-state index is 12.7. The van der Waals surface area contributed by atoms with E-state index in [2.05, 4.69) is 38.7 Å². The third-order valence-electron chi connectivity index (χ3n) is 9.54. The summed E-state index contributed by atoms with van der Waals surface area (Å²) in [7, 11) is 3.92. The average molecular weight is 770 g/mol. The number of amides is 1. The Kier molecular flexibility index (Phi) is 15.0. The third kappa shape index (κ3) is 13.1. The Morgan fingerprint density at radius 1 is 0.772 bits per heavy atom. The summed E-state index contributed by atoms with van der Waals surface area (Å²) in [4.78, 5) is 31.4. The number of anilines is 4. The summed E-state index contributed by atoms with van der Waals surface area (Å²) in [5.41, 5.74) is 26.5. The molecule has 4 aromatic carbocycles. The van der Waals surface area contributed by atoms with Crippen LogP contribution >= 0.6 is 0 Å². The fourth-order valence-corrected chi connectivity index (χ4v) is 5.90. The highest BCUT2D eigenvalue weighted by molar-refractivity contribution is 5.94. The van der Waals surface area contributed by atoms with Gasteiger partial charge in [-0.15, -0.1) is 0 Å². The lowest BCUT2D eigenvalue weighted by Gasteiger charge is -2.32. The first-order valence-corrected chi connectivity index (χ1v) is 18.8. The van der Waals surface area contributed by atoms with Crippen LogP contribution in [0.2, 0.25) is 0 Å². The van der Waals surface area contributed by atoms with Gasteiger partial charge in [-0.1, -0.05) is 24.3 Å². The predicted molar refractivity (Wildman–Crippen MR) is 228 cm³/mol. The lowest BCUT2D eigenvalue weighted by molar-refractivity contribution is -0.119. The van der Waals surface area contributed by atoms with Crippen molar-refractivity contribution in [2.24, 2.45) is 0 Å². The largest absolute Gasteiger partial charge is 0.489 e. The molecule has 1 aliphatic heterocycles. The minimum absolute atomic E-state index is 0.120. The van der Waals surface area contributed by atoms with Crippen molar-refractivity contribution < 1.29 is 13.9 Å². The molecule has 6 aromatic rings. The van der Waals surface area contributed by atoms with Crippen LogP contribution in [0.1, 0.15) is 28.1 Å². The average Bonchev–Trinajstić information content (AvgIpc) is 3.21. The Morgan fingerprint density at radius 3 is 2.07 bits per heavy atom. The number of nitrogens with two attached hydrogens (primary N) is 3. The van der Waals surface area contributed by atoms with Crippen LogP contribution in [0.5, 0.6) is 5.75 Å². The third-order valence-corrected chi connectivity index (χ3v) is 9.54. The second kappa shape index (κ2) is 20.5. The molecule has 3 heterocycles. The van der Waals surface area contributed by atoms with Gasteiger partial charge in [0.2, 0.25) is 5.91 Å². The Balaban J connectivity index is 0.000000164. The maximum atomic E-state index is 12.7. The van der Waals surface area contributed by atoms with E-state index in [9.17, 15) is 9.18 Å². The monoisotopic (exact) mass is 769 g/mol. The van der Waals surface area contributed by atoms with Crippen molar-refractivity contribution in [1.29, 1.82) is 0 Å². The number of benzene rings is 4. The number of likely N-dealkylation sites (N-methyl/N-ethyl adjacent to an activating group) is 2. The van der Waals surface area contributed by atoms with Crippen LogP contribution < -0.4 is 26.8 Å². The molecule has 0 saturated carbocycles. The lowest BCUT2D eigenvalue weighted by atomic mass is 10.0. The molecule has 12 heteroatoms. The number of ether oxygens (including phenoxy) is 1. The number of piperazine rings is 1. The summed E-state index contributed by atoms with van der Waals surface area (Å²) in [6.45, 7) is 8.88. The van der Waals surface area contributed by atoms with Gasteiger partial charge in [-0.05, 0) is 116 Å². The van der Waals surface area contributed by atoms with Gasteiger partial charge in [-0.3, -0.25) is 14.7 Å². The van der Waals surface area contributed by atoms with Crippen LogP contribution in [0.15, 0.2) is 122 Å². The van der Waals surface area contributed by atoms with Crippen LogP contribution in [0.3, 0.4) is 0 Å². The fraction of sp³-hybridized carbons (Fsp3) is 0.244. The highest BCUT2D eigenvalue weighted by Crippen LogP contribution is 2.22. The van der Waals surface area contributed by atoms with Crippen molar-refractivity contribution in [2.45, 2.75) is 26.9 Å². The van der Waals surface area contributed by atoms with E-state index in [1.165, 1.54) is 17.7 Å². The van der Waals surface area contributed by atoms with Gasteiger partial charge in [0, 0.05) is 98.3 Å². The van der Waals surface area contributed by atoms with Crippen molar-refractivity contribution in [1.82, 2.24) is 24.8 Å². The topological polar surface area (TPSA) is 153 Å². The summed E-state index contributed by atoms with van der Waals surface area (Å²) in [5.74, 6) is 1.46. The Bertz CT molecular complexity index is 2160. The molecule has 0 radical (unpaired) electrons. The fourth-order valence-electron chi connectivity index (χ4n) is 5.90. The van der Waals surface area contributed by atoms with Crippen LogP contribution in [0.4, 0.5) is 27.1 Å². The molecule has 0 unspecified atom stereocenters. The van der Waals surface area contributed by atoms with Crippen molar-refractivity contribution >= 4 is 28.7 Å². The lowest BCUT2D eigenvalue weighted by Crippen LogP contribution is -2.48. The molecule has 6 N–H and O–H groups in total. The van der Waals surface area contributed by atoms with Crippen LogP contribution in [-0.2, 0) is 17.8 Å². The smallest absolute Gasteiger partial charge is 0.240 e. The second-order valence-electron chi connectivity index (χ2n) is 14.1. The van der Waals surface area contributed by atoms with E-state index in [0.29, 0.717) is 25.3 Å². The molecular weight excluding hydrogens is 718 g/mol. The zero-order valence-corrected chi connectivity index (χ0v) is 33.1. The summed E-state index contributed by atoms with van der Waals surface area (Å²) < 4.78 is 18.3. The summed E-state index contributed by atoms with van der Waals surface area (Å²) >= 11 is 0. The number of hydrogen-bond donors (Lipinski definition) is 3. The molecule has 1 amide bonds. The van der Waals surface area contributed by atoms with Gasteiger partial charge in [0.25, 0.3) is 0 Å². The van der Waals surface area contributed by atoms with Crippen molar-refractivity contribution in [3.05, 3.63) is 156 Å². The summed E-state index contributed by atoms with van der Waals surface area (Å²) in [6, 6.07) is 29.0. The highest BCUT2D eigenvalue weighted by atomic mass is 19.1. The zero-order chi connectivity index (χ0) is 40.7. The maximum Gasteiger partial charge on any atom is 0.240 e. The summed E-state index contributed by atoms with van der Waals surface area (Å²) in [5, 5.41) is 0. The minimum Gasteiger partial charge on any atom is -0.489 e. The molecule has 0 aliphatic carbocycles. The van der Waals surface area contributed by atoms with E-state index in [0.717, 1.165) is 82.6 Å². The molecule has 0 spiro atoms. The number of rotatable bonds is 9. The standard InChI is InChI=1S/C17H16N4.C14H14FNO.C14H22N4O/c1-12-4-5-16(18)7-14(12)8-17-20-10-15(11-21-17)13-3-2-6-19-9-13;1-10-8-13(16)6-7-14(10)17-9-11-2-4-12(15)5-3-11;1-16-7-9-18(10-8-16)11-14(19)17(2)13-5-3-12(15)4-6-13/h2-7,9-11H,8,18H2,1H3;2-8H,9,16H2,1H3;3-6H,7-11,15H2,1-2H3. The molecular formula is C45H52FN9O2. The first-order valence-electron chi connectivity index (χ1n) is 18.8. The number of nitrogen functional groups attached to an aromatic ring is 3. The van der Waals surface area contributed by atoms with Gasteiger partial charge in [0.05, 0.1) is 6.54 Å². The van der Waals surface area contributed by atoms with Gasteiger partial charge in [-0.25, -0.2) is 14.4 Å². The van der Waals surface area contributed by atoms with E-state index in [-0.39, 0.29) is 11.7 Å². The molecule has 2 aromatic heterocycles. The van der Waals surface area contributed by atoms with E-state index in [4.69, 9.17) is 21.9 Å². The van der Waals surface area contributed by atoms with Gasteiger partial charge >= 0.3 is 0 Å². The van der Waals surface area contributed by atoms with Gasteiger partial charge in [0.1, 0.15) is 24.0 Å². The molecule has 0 bridgehead atoms. The van der Waals surface area contributed by atoms with Crippen LogP contribution in [0.25, 0.3) is 11.1 Å². The number of carbonyl (C=O) groups excluding carboxylic acids is 1. The Hall–Kier alpha value is -6.37. The highest BCUT2D eigenvalue weighted by Gasteiger charge is 2.19. The first kappa shape index (κ1) is 41.8. The predicted octanol–water partition coefficient (Wildman–Crippen LogP) is 6.79. The van der Waals surface area contributed by atoms with Gasteiger partial charge < -0.3 is 31.7 Å². The molecule has 296 valence electrons. The molecule has 0 atom stereocenters. The number of hydrogen-bond acceptors (Lipinski definition) is 10. The van der Waals surface area contributed by atoms with Gasteiger partial charge in [-0.2, -0.15) is 0 Å². The minimum atomic E-state index is -0.239. The quantitative estimate of drug-likeness (QED) is 0.134. The van der Waals surface area contributed by atoms with E-state index in [1.807, 2.05) is 93.1 Å². The van der Waals surface area contributed by atoms with Crippen molar-refractivity contribution in [3.63, 3.8) is 0 Å². The summed E-state index contributed by atoms with van der Waals surface area (Å²) in [6.07, 6.45) is 7.91. The molecule has 1 saturated heterocycles. The normalized spacial score (nSPS) is 12.7. The first-order chi connectivity index (χ1) is 27.4. The number of nitrogens with zero attached hydrogens (tertiary/aromatic N) is 6. The Labute approximate surface area is 335 Å². The van der Waals surface area contributed by atoms with Crippen molar-refractivity contribution in [3.8, 4) is 16.9 Å². The van der Waals surface area contributed by atoms with E-state index in [1.54, 1.807) is 35.5 Å². The van der Waals surface area contributed by atoms with Crippen LogP contribution in [0, 0.1) is 19.7 Å². The molecule has 1 fully saturated rings. The molecule has 7 rings (SSSR count). The van der Waals surface area contributed by atoms with E-state index < -0.39 is 0 Å². The number of aromatic nitrogens is 3. The SMILES string of the molecule is CN1CCN(CC(=O)N(C)c2ccc(N)cc2)CC1.Cc1cc(N)ccc1OCc1ccc(F)cc1.Cc1ccc(N)cc1Cc1ncc(-c2cccnc2)cn1. The second-order valence-corrected chi connectivity index (χ2v) is 14.1. The molecule has 1 aliphatic rings. The van der Waals surface area contributed by atoms with Crippen molar-refractivity contribution in [2.75, 3.05) is 68.9 Å². The number of aryl methyl sites for hydroxylation is 2. The zero-order valence-electron chi connectivity index (χ0n) is 33.1. The number of pyridine rings is 1.